The van der Waals surface area contributed by atoms with Gasteiger partial charge in [-0.05, 0) is 30.2 Å². The standard InChI is InChI=1S/C20H21NO3S/c1-2-23-18-6-4-3-5-16(18)20-21(19(22)13-25-20)12-14-7-8-17-15(11-14)9-10-24-17/h3-8,11,20H,2,9-10,12-13H2,1H3. The lowest BCUT2D eigenvalue weighted by molar-refractivity contribution is -0.128. The summed E-state index contributed by atoms with van der Waals surface area (Å²) in [6, 6.07) is 14.3. The molecule has 25 heavy (non-hydrogen) atoms. The van der Waals surface area contributed by atoms with E-state index in [0.717, 1.165) is 35.7 Å². The Balaban J connectivity index is 1.60. The molecule has 0 saturated carbocycles. The van der Waals surface area contributed by atoms with Gasteiger partial charge in [-0.3, -0.25) is 4.79 Å². The summed E-state index contributed by atoms with van der Waals surface area (Å²) >= 11 is 1.67. The minimum Gasteiger partial charge on any atom is -0.493 e. The maximum absolute atomic E-state index is 12.5. The maximum Gasteiger partial charge on any atom is 0.234 e. The summed E-state index contributed by atoms with van der Waals surface area (Å²) in [5, 5.41) is -0.000227. The van der Waals surface area contributed by atoms with Crippen molar-refractivity contribution in [2.24, 2.45) is 0 Å². The van der Waals surface area contributed by atoms with Gasteiger partial charge >= 0.3 is 0 Å². The number of nitrogens with zero attached hydrogens (tertiary/aromatic N) is 1. The van der Waals surface area contributed by atoms with E-state index in [9.17, 15) is 4.79 Å². The zero-order valence-electron chi connectivity index (χ0n) is 14.2. The minimum absolute atomic E-state index is 0.000227. The van der Waals surface area contributed by atoms with Crippen molar-refractivity contribution in [2.75, 3.05) is 19.0 Å². The molecular formula is C20H21NO3S. The molecule has 0 N–H and O–H groups in total. The van der Waals surface area contributed by atoms with Gasteiger partial charge in [0.2, 0.25) is 5.91 Å². The van der Waals surface area contributed by atoms with Crippen molar-refractivity contribution in [3.8, 4) is 11.5 Å². The van der Waals surface area contributed by atoms with Gasteiger partial charge in [-0.15, -0.1) is 11.8 Å². The van der Waals surface area contributed by atoms with Gasteiger partial charge in [0.1, 0.15) is 16.9 Å². The number of fused-ring (bicyclic) bond motifs is 1. The Bertz CT molecular complexity index is 792. The number of thioether (sulfide) groups is 1. The second-order valence-corrected chi connectivity index (χ2v) is 7.26. The molecule has 130 valence electrons. The van der Waals surface area contributed by atoms with Gasteiger partial charge in [0, 0.05) is 18.5 Å². The minimum atomic E-state index is -0.000227. The first-order valence-corrected chi connectivity index (χ1v) is 9.68. The van der Waals surface area contributed by atoms with Crippen LogP contribution in [0.15, 0.2) is 42.5 Å². The van der Waals surface area contributed by atoms with Crippen LogP contribution in [0.4, 0.5) is 0 Å². The smallest absolute Gasteiger partial charge is 0.234 e. The van der Waals surface area contributed by atoms with Crippen molar-refractivity contribution in [2.45, 2.75) is 25.3 Å². The molecule has 1 amide bonds. The van der Waals surface area contributed by atoms with Gasteiger partial charge in [0.05, 0.1) is 19.0 Å². The van der Waals surface area contributed by atoms with Gasteiger partial charge in [-0.2, -0.15) is 0 Å². The van der Waals surface area contributed by atoms with E-state index in [1.165, 1.54) is 5.56 Å². The molecule has 4 rings (SSSR count). The normalized spacial score (nSPS) is 19.0. The molecule has 1 fully saturated rings. The molecule has 0 aliphatic carbocycles. The molecule has 2 aromatic rings. The van der Waals surface area contributed by atoms with E-state index in [4.69, 9.17) is 9.47 Å². The molecule has 5 heteroatoms. The molecule has 0 aromatic heterocycles. The third kappa shape index (κ3) is 3.21. The summed E-state index contributed by atoms with van der Waals surface area (Å²) in [6.07, 6.45) is 0.947. The topological polar surface area (TPSA) is 38.8 Å². The number of hydrogen-bond acceptors (Lipinski definition) is 4. The predicted molar refractivity (Wildman–Crippen MR) is 99.0 cm³/mol. The highest BCUT2D eigenvalue weighted by Gasteiger charge is 2.34. The zero-order chi connectivity index (χ0) is 17.2. The van der Waals surface area contributed by atoms with Gasteiger partial charge in [-0.1, -0.05) is 30.3 Å². The van der Waals surface area contributed by atoms with Crippen molar-refractivity contribution >= 4 is 17.7 Å². The van der Waals surface area contributed by atoms with Crippen molar-refractivity contribution in [3.63, 3.8) is 0 Å². The van der Waals surface area contributed by atoms with E-state index >= 15 is 0 Å². The first kappa shape index (κ1) is 16.3. The lowest BCUT2D eigenvalue weighted by atomic mass is 10.1. The lowest BCUT2D eigenvalue weighted by Gasteiger charge is -2.26. The summed E-state index contributed by atoms with van der Waals surface area (Å²) in [6.45, 7) is 3.97. The van der Waals surface area contributed by atoms with E-state index in [1.807, 2.05) is 36.1 Å². The average Bonchev–Trinajstić information content (AvgIpc) is 3.23. The van der Waals surface area contributed by atoms with Crippen molar-refractivity contribution in [1.82, 2.24) is 4.90 Å². The highest BCUT2D eigenvalue weighted by molar-refractivity contribution is 8.00. The Morgan fingerprint density at radius 2 is 2.16 bits per heavy atom. The van der Waals surface area contributed by atoms with E-state index in [1.54, 1.807) is 11.8 Å². The van der Waals surface area contributed by atoms with Crippen LogP contribution in [0, 0.1) is 0 Å². The quantitative estimate of drug-likeness (QED) is 0.818. The molecule has 4 nitrogen and oxygen atoms in total. The Labute approximate surface area is 152 Å². The van der Waals surface area contributed by atoms with E-state index in [-0.39, 0.29) is 11.3 Å². The maximum atomic E-state index is 12.5. The van der Waals surface area contributed by atoms with E-state index in [0.29, 0.717) is 18.9 Å². The number of para-hydroxylation sites is 1. The van der Waals surface area contributed by atoms with Crippen molar-refractivity contribution < 1.29 is 14.3 Å². The second kappa shape index (κ2) is 7.00. The molecule has 2 aromatic carbocycles. The summed E-state index contributed by atoms with van der Waals surface area (Å²) in [5.74, 6) is 2.53. The first-order valence-electron chi connectivity index (χ1n) is 8.63. The molecule has 2 heterocycles. The van der Waals surface area contributed by atoms with Crippen molar-refractivity contribution in [1.29, 1.82) is 0 Å². The van der Waals surface area contributed by atoms with Crippen LogP contribution in [0.25, 0.3) is 0 Å². The average molecular weight is 355 g/mol. The third-order valence-electron chi connectivity index (χ3n) is 4.56. The van der Waals surface area contributed by atoms with Crippen LogP contribution in [0.5, 0.6) is 11.5 Å². The lowest BCUT2D eigenvalue weighted by Crippen LogP contribution is -2.28. The number of benzene rings is 2. The number of carbonyl (C=O) groups excluding carboxylic acids is 1. The fourth-order valence-corrected chi connectivity index (χ4v) is 4.60. The summed E-state index contributed by atoms with van der Waals surface area (Å²) < 4.78 is 11.4. The van der Waals surface area contributed by atoms with Gasteiger partial charge < -0.3 is 14.4 Å². The zero-order valence-corrected chi connectivity index (χ0v) is 15.1. The molecule has 1 unspecified atom stereocenters. The number of carbonyl (C=O) groups is 1. The Morgan fingerprint density at radius 1 is 1.28 bits per heavy atom. The molecule has 0 spiro atoms. The Morgan fingerprint density at radius 3 is 3.04 bits per heavy atom. The Hall–Kier alpha value is -2.14. The highest BCUT2D eigenvalue weighted by atomic mass is 32.2. The van der Waals surface area contributed by atoms with E-state index in [2.05, 4.69) is 18.2 Å². The van der Waals surface area contributed by atoms with Crippen LogP contribution >= 0.6 is 11.8 Å². The Kier molecular flexibility index (Phi) is 4.57. The van der Waals surface area contributed by atoms with Gasteiger partial charge in [0.15, 0.2) is 0 Å². The van der Waals surface area contributed by atoms with Crippen molar-refractivity contribution in [3.05, 3.63) is 59.2 Å². The summed E-state index contributed by atoms with van der Waals surface area (Å²) in [4.78, 5) is 14.5. The molecule has 1 atom stereocenters. The largest absolute Gasteiger partial charge is 0.493 e. The van der Waals surface area contributed by atoms with Gasteiger partial charge in [0.25, 0.3) is 0 Å². The van der Waals surface area contributed by atoms with Crippen LogP contribution in [-0.4, -0.2) is 29.8 Å². The molecule has 1 saturated heterocycles. The van der Waals surface area contributed by atoms with Crippen LogP contribution in [0.1, 0.15) is 29.0 Å². The number of hydrogen-bond donors (Lipinski definition) is 0. The summed E-state index contributed by atoms with van der Waals surface area (Å²) in [5.41, 5.74) is 3.46. The molecule has 2 aliphatic heterocycles. The highest BCUT2D eigenvalue weighted by Crippen LogP contribution is 2.43. The number of rotatable bonds is 5. The fourth-order valence-electron chi connectivity index (χ4n) is 3.39. The SMILES string of the molecule is CCOc1ccccc1C1SCC(=O)N1Cc1ccc2c(c1)CCO2. The predicted octanol–water partition coefficient (Wildman–Crippen LogP) is 3.79. The third-order valence-corrected chi connectivity index (χ3v) is 5.80. The van der Waals surface area contributed by atoms with Crippen LogP contribution in [0.2, 0.25) is 0 Å². The summed E-state index contributed by atoms with van der Waals surface area (Å²) in [7, 11) is 0. The molecule has 0 bridgehead atoms. The van der Waals surface area contributed by atoms with Crippen LogP contribution in [-0.2, 0) is 17.8 Å². The molecule has 0 radical (unpaired) electrons. The second-order valence-electron chi connectivity index (χ2n) is 6.20. The number of amides is 1. The van der Waals surface area contributed by atoms with Crippen LogP contribution in [0.3, 0.4) is 0 Å². The van der Waals surface area contributed by atoms with Crippen LogP contribution < -0.4 is 9.47 Å². The first-order chi connectivity index (χ1) is 12.3. The fraction of sp³-hybridized carbons (Fsp3) is 0.350. The van der Waals surface area contributed by atoms with Gasteiger partial charge in [-0.25, -0.2) is 0 Å². The monoisotopic (exact) mass is 355 g/mol. The number of ether oxygens (including phenoxy) is 2. The molecular weight excluding hydrogens is 334 g/mol. The van der Waals surface area contributed by atoms with E-state index < -0.39 is 0 Å². The molecule has 2 aliphatic rings.